The molecule has 8 heteroatoms. The fourth-order valence-electron chi connectivity index (χ4n) is 1.72. The van der Waals surface area contributed by atoms with Gasteiger partial charge in [-0.15, -0.1) is 24.8 Å². The van der Waals surface area contributed by atoms with Crippen molar-refractivity contribution in [2.75, 3.05) is 6.54 Å². The molecule has 0 aliphatic rings. The van der Waals surface area contributed by atoms with Crippen LogP contribution in [0.1, 0.15) is 32.3 Å². The number of halogens is 2. The standard InChI is InChI=1S/C15H24N4O2.2ClH/c1-3-11(2)14(16)15(21)18-8-6-13(20)19-10-12-5-4-7-17-9-12;;/h4-5,7,9,11,14H,3,6,8,10,16H2,1-2H3,(H,18,21)(H,19,20);2*1H. The number of aromatic nitrogens is 1. The van der Waals surface area contributed by atoms with Gasteiger partial charge in [-0.25, -0.2) is 0 Å². The van der Waals surface area contributed by atoms with Gasteiger partial charge in [0.1, 0.15) is 0 Å². The summed E-state index contributed by atoms with van der Waals surface area (Å²) in [5, 5.41) is 5.46. The third kappa shape index (κ3) is 9.38. The summed E-state index contributed by atoms with van der Waals surface area (Å²) in [7, 11) is 0. The first kappa shape index (κ1) is 23.9. The molecule has 0 radical (unpaired) electrons. The van der Waals surface area contributed by atoms with Crippen LogP contribution in [0.25, 0.3) is 0 Å². The lowest BCUT2D eigenvalue weighted by Gasteiger charge is -2.17. The van der Waals surface area contributed by atoms with Gasteiger partial charge in [0, 0.05) is 31.9 Å². The molecular formula is C15H26Cl2N4O2. The van der Waals surface area contributed by atoms with E-state index in [-0.39, 0.29) is 49.0 Å². The monoisotopic (exact) mass is 364 g/mol. The van der Waals surface area contributed by atoms with Crippen LogP contribution < -0.4 is 16.4 Å². The summed E-state index contributed by atoms with van der Waals surface area (Å²) in [6, 6.07) is 3.19. The average molecular weight is 365 g/mol. The van der Waals surface area contributed by atoms with Gasteiger partial charge in [0.2, 0.25) is 11.8 Å². The quantitative estimate of drug-likeness (QED) is 0.649. The smallest absolute Gasteiger partial charge is 0.237 e. The molecule has 1 heterocycles. The Balaban J connectivity index is 0. The molecule has 132 valence electrons. The highest BCUT2D eigenvalue weighted by Crippen LogP contribution is 2.04. The minimum absolute atomic E-state index is 0. The van der Waals surface area contributed by atoms with E-state index in [1.54, 1.807) is 12.4 Å². The number of carbonyl (C=O) groups excluding carboxylic acids is 2. The second-order valence-electron chi connectivity index (χ2n) is 5.09. The molecule has 1 aromatic rings. The number of nitrogens with two attached hydrogens (primary N) is 1. The maximum absolute atomic E-state index is 11.7. The molecule has 6 nitrogen and oxygen atoms in total. The normalized spacial score (nSPS) is 12.1. The largest absolute Gasteiger partial charge is 0.354 e. The summed E-state index contributed by atoms with van der Waals surface area (Å²) in [6.07, 6.45) is 4.47. The molecular weight excluding hydrogens is 339 g/mol. The molecule has 1 aromatic heterocycles. The lowest BCUT2D eigenvalue weighted by atomic mass is 9.99. The van der Waals surface area contributed by atoms with E-state index >= 15 is 0 Å². The van der Waals surface area contributed by atoms with Crippen molar-refractivity contribution in [3.63, 3.8) is 0 Å². The minimum Gasteiger partial charge on any atom is -0.354 e. The third-order valence-electron chi connectivity index (χ3n) is 3.42. The highest BCUT2D eigenvalue weighted by atomic mass is 35.5. The van der Waals surface area contributed by atoms with E-state index < -0.39 is 6.04 Å². The number of nitrogens with zero attached hydrogens (tertiary/aromatic N) is 1. The number of nitrogens with one attached hydrogen (secondary N) is 2. The first-order valence-corrected chi connectivity index (χ1v) is 7.23. The fraction of sp³-hybridized carbons (Fsp3) is 0.533. The zero-order valence-corrected chi connectivity index (χ0v) is 15.1. The van der Waals surface area contributed by atoms with Crippen molar-refractivity contribution in [2.24, 2.45) is 11.7 Å². The molecule has 0 aliphatic carbocycles. The van der Waals surface area contributed by atoms with Crippen LogP contribution in [-0.4, -0.2) is 29.4 Å². The number of pyridine rings is 1. The van der Waals surface area contributed by atoms with Crippen molar-refractivity contribution in [2.45, 2.75) is 39.3 Å². The van der Waals surface area contributed by atoms with E-state index in [2.05, 4.69) is 15.6 Å². The summed E-state index contributed by atoms with van der Waals surface area (Å²) < 4.78 is 0. The van der Waals surface area contributed by atoms with Crippen LogP contribution in [0.4, 0.5) is 0 Å². The maximum Gasteiger partial charge on any atom is 0.237 e. The van der Waals surface area contributed by atoms with Crippen molar-refractivity contribution in [1.29, 1.82) is 0 Å². The molecule has 2 amide bonds. The lowest BCUT2D eigenvalue weighted by molar-refractivity contribution is -0.124. The number of amides is 2. The van der Waals surface area contributed by atoms with Crippen LogP contribution in [0.2, 0.25) is 0 Å². The van der Waals surface area contributed by atoms with E-state index in [1.807, 2.05) is 26.0 Å². The summed E-state index contributed by atoms with van der Waals surface area (Å²) >= 11 is 0. The van der Waals surface area contributed by atoms with Gasteiger partial charge in [0.15, 0.2) is 0 Å². The second kappa shape index (κ2) is 13.1. The zero-order valence-electron chi connectivity index (χ0n) is 13.5. The maximum atomic E-state index is 11.7. The molecule has 23 heavy (non-hydrogen) atoms. The Hall–Kier alpha value is -1.37. The third-order valence-corrected chi connectivity index (χ3v) is 3.42. The van der Waals surface area contributed by atoms with Gasteiger partial charge >= 0.3 is 0 Å². The van der Waals surface area contributed by atoms with E-state index in [0.717, 1.165) is 12.0 Å². The lowest BCUT2D eigenvalue weighted by Crippen LogP contribution is -2.45. The molecule has 0 aromatic carbocycles. The van der Waals surface area contributed by atoms with E-state index in [0.29, 0.717) is 13.1 Å². The van der Waals surface area contributed by atoms with E-state index in [1.165, 1.54) is 0 Å². The van der Waals surface area contributed by atoms with Gasteiger partial charge in [-0.3, -0.25) is 14.6 Å². The molecule has 1 rings (SSSR count). The van der Waals surface area contributed by atoms with E-state index in [9.17, 15) is 9.59 Å². The van der Waals surface area contributed by atoms with Gasteiger partial charge < -0.3 is 16.4 Å². The first-order chi connectivity index (χ1) is 10.0. The van der Waals surface area contributed by atoms with Crippen LogP contribution in [0.3, 0.4) is 0 Å². The van der Waals surface area contributed by atoms with Crippen molar-refractivity contribution in [3.05, 3.63) is 30.1 Å². The number of hydrogen-bond donors (Lipinski definition) is 3. The molecule has 2 atom stereocenters. The van der Waals surface area contributed by atoms with E-state index in [4.69, 9.17) is 5.73 Å². The molecule has 0 spiro atoms. The fourth-order valence-corrected chi connectivity index (χ4v) is 1.72. The first-order valence-electron chi connectivity index (χ1n) is 7.23. The molecule has 0 fully saturated rings. The molecule has 2 unspecified atom stereocenters. The Labute approximate surface area is 149 Å². The summed E-state index contributed by atoms with van der Waals surface area (Å²) in [5.74, 6) is -0.190. The van der Waals surface area contributed by atoms with Gasteiger partial charge in [0.05, 0.1) is 6.04 Å². The minimum atomic E-state index is -0.520. The molecule has 0 saturated heterocycles. The van der Waals surface area contributed by atoms with Gasteiger partial charge in [0.25, 0.3) is 0 Å². The van der Waals surface area contributed by atoms with Crippen molar-refractivity contribution in [3.8, 4) is 0 Å². The number of rotatable bonds is 8. The second-order valence-corrected chi connectivity index (χ2v) is 5.09. The van der Waals surface area contributed by atoms with Crippen LogP contribution in [0.5, 0.6) is 0 Å². The Bertz CT molecular complexity index is 460. The molecule has 4 N–H and O–H groups in total. The van der Waals surface area contributed by atoms with Crippen molar-refractivity contribution >= 4 is 36.6 Å². The number of carbonyl (C=O) groups is 2. The Morgan fingerprint density at radius 1 is 1.30 bits per heavy atom. The van der Waals surface area contributed by atoms with Crippen molar-refractivity contribution in [1.82, 2.24) is 15.6 Å². The predicted molar refractivity (Wildman–Crippen MR) is 95.6 cm³/mol. The van der Waals surface area contributed by atoms with Crippen LogP contribution in [0.15, 0.2) is 24.5 Å². The van der Waals surface area contributed by atoms with Gasteiger partial charge in [-0.2, -0.15) is 0 Å². The van der Waals surface area contributed by atoms with Crippen LogP contribution in [-0.2, 0) is 16.1 Å². The predicted octanol–water partition coefficient (Wildman–Crippen LogP) is 1.42. The molecule has 0 saturated carbocycles. The molecule has 0 aliphatic heterocycles. The highest BCUT2D eigenvalue weighted by Gasteiger charge is 2.18. The number of hydrogen-bond acceptors (Lipinski definition) is 4. The zero-order chi connectivity index (χ0) is 15.7. The Morgan fingerprint density at radius 2 is 2.00 bits per heavy atom. The summed E-state index contributed by atoms with van der Waals surface area (Å²) in [5.41, 5.74) is 6.74. The Morgan fingerprint density at radius 3 is 2.57 bits per heavy atom. The van der Waals surface area contributed by atoms with Gasteiger partial charge in [-0.05, 0) is 17.5 Å². The summed E-state index contributed by atoms with van der Waals surface area (Å²) in [4.78, 5) is 27.3. The topological polar surface area (TPSA) is 97.1 Å². The molecule has 0 bridgehead atoms. The highest BCUT2D eigenvalue weighted by molar-refractivity contribution is 5.85. The van der Waals surface area contributed by atoms with Crippen LogP contribution in [0, 0.1) is 5.92 Å². The van der Waals surface area contributed by atoms with Crippen LogP contribution >= 0.6 is 24.8 Å². The summed E-state index contributed by atoms with van der Waals surface area (Å²) in [6.45, 7) is 4.66. The Kier molecular flexibility index (Phi) is 13.6. The average Bonchev–Trinajstić information content (AvgIpc) is 2.52. The van der Waals surface area contributed by atoms with Crippen molar-refractivity contribution < 1.29 is 9.59 Å². The SMILES string of the molecule is CCC(C)C(N)C(=O)NCCC(=O)NCc1cccnc1.Cl.Cl. The van der Waals surface area contributed by atoms with Gasteiger partial charge in [-0.1, -0.05) is 26.3 Å².